The molecule has 0 fully saturated rings. The maximum Gasteiger partial charge on any atom is 0.335 e. The van der Waals surface area contributed by atoms with Crippen molar-refractivity contribution < 1.29 is 15.0 Å². The van der Waals surface area contributed by atoms with E-state index in [1.54, 1.807) is 30.3 Å². The number of carbonyl (C=O) groups is 1. The van der Waals surface area contributed by atoms with Gasteiger partial charge < -0.3 is 10.2 Å². The smallest absolute Gasteiger partial charge is 0.335 e. The molecule has 0 unspecified atom stereocenters. The van der Waals surface area contributed by atoms with Gasteiger partial charge >= 0.3 is 5.97 Å². The summed E-state index contributed by atoms with van der Waals surface area (Å²) < 4.78 is 0. The molecule has 0 amide bonds. The van der Waals surface area contributed by atoms with Crippen LogP contribution in [0.15, 0.2) is 30.3 Å². The fraction of sp³-hybridized carbons (Fsp3) is 0.125. The molecular formula is C8H10O3. The lowest BCUT2D eigenvalue weighted by molar-refractivity contribution is 0.0697. The van der Waals surface area contributed by atoms with E-state index in [1.807, 2.05) is 0 Å². The van der Waals surface area contributed by atoms with Crippen LogP contribution in [-0.4, -0.2) is 23.3 Å². The Labute approximate surface area is 64.9 Å². The van der Waals surface area contributed by atoms with Gasteiger partial charge in [-0.1, -0.05) is 18.2 Å². The van der Waals surface area contributed by atoms with Crippen LogP contribution >= 0.6 is 0 Å². The Hall–Kier alpha value is -1.35. The van der Waals surface area contributed by atoms with Gasteiger partial charge in [0.25, 0.3) is 0 Å². The van der Waals surface area contributed by atoms with E-state index < -0.39 is 5.97 Å². The minimum atomic E-state index is -0.879. The van der Waals surface area contributed by atoms with Crippen molar-refractivity contribution in [3.8, 4) is 0 Å². The maximum absolute atomic E-state index is 10.2. The van der Waals surface area contributed by atoms with E-state index in [2.05, 4.69) is 0 Å². The van der Waals surface area contributed by atoms with Gasteiger partial charge in [0.05, 0.1) is 5.56 Å². The van der Waals surface area contributed by atoms with Crippen LogP contribution in [0.25, 0.3) is 0 Å². The quantitative estimate of drug-likeness (QED) is 0.634. The summed E-state index contributed by atoms with van der Waals surface area (Å²) in [6, 6.07) is 8.30. The van der Waals surface area contributed by atoms with E-state index in [-0.39, 0.29) is 0 Å². The van der Waals surface area contributed by atoms with Gasteiger partial charge in [-0.3, -0.25) is 0 Å². The summed E-state index contributed by atoms with van der Waals surface area (Å²) in [5.74, 6) is -0.879. The third kappa shape index (κ3) is 3.37. The number of aromatic carboxylic acids is 1. The number of hydrogen-bond donors (Lipinski definition) is 2. The average molecular weight is 154 g/mol. The largest absolute Gasteiger partial charge is 0.478 e. The minimum absolute atomic E-state index is 0.331. The van der Waals surface area contributed by atoms with Crippen molar-refractivity contribution in [2.24, 2.45) is 0 Å². The fourth-order valence-corrected chi connectivity index (χ4v) is 0.581. The van der Waals surface area contributed by atoms with Gasteiger partial charge in [-0.05, 0) is 12.1 Å². The molecule has 0 radical (unpaired) electrons. The number of aliphatic hydroxyl groups is 1. The van der Waals surface area contributed by atoms with Crippen LogP contribution < -0.4 is 0 Å². The molecule has 0 aliphatic rings. The summed E-state index contributed by atoms with van der Waals surface area (Å²) in [5.41, 5.74) is 0.331. The van der Waals surface area contributed by atoms with Crippen molar-refractivity contribution in [3.05, 3.63) is 35.9 Å². The highest BCUT2D eigenvalue weighted by molar-refractivity contribution is 5.87. The predicted octanol–water partition coefficient (Wildman–Crippen LogP) is 0.993. The lowest BCUT2D eigenvalue weighted by Crippen LogP contribution is -1.93. The predicted molar refractivity (Wildman–Crippen MR) is 41.5 cm³/mol. The van der Waals surface area contributed by atoms with Crippen LogP contribution in [0.4, 0.5) is 0 Å². The van der Waals surface area contributed by atoms with Crippen LogP contribution in [0.3, 0.4) is 0 Å². The van der Waals surface area contributed by atoms with Crippen molar-refractivity contribution in [1.82, 2.24) is 0 Å². The van der Waals surface area contributed by atoms with Crippen molar-refractivity contribution >= 4 is 5.97 Å². The molecule has 0 atom stereocenters. The lowest BCUT2D eigenvalue weighted by Gasteiger charge is -1.88. The Kier molecular flexibility index (Phi) is 4.77. The topological polar surface area (TPSA) is 57.5 Å². The molecule has 0 aliphatic carbocycles. The summed E-state index contributed by atoms with van der Waals surface area (Å²) in [4.78, 5) is 10.2. The summed E-state index contributed by atoms with van der Waals surface area (Å²) in [5, 5.41) is 15.4. The third-order valence-electron chi connectivity index (χ3n) is 1.02. The monoisotopic (exact) mass is 154 g/mol. The zero-order chi connectivity index (χ0) is 8.69. The van der Waals surface area contributed by atoms with Crippen molar-refractivity contribution in [2.45, 2.75) is 0 Å². The molecule has 0 saturated heterocycles. The normalized spacial score (nSPS) is 7.82. The fourth-order valence-electron chi connectivity index (χ4n) is 0.581. The standard InChI is InChI=1S/C7H6O2.CH4O/c8-7(9)6-4-2-1-3-5-6;1-2/h1-5H,(H,8,9);2H,1H3. The zero-order valence-corrected chi connectivity index (χ0v) is 6.19. The van der Waals surface area contributed by atoms with E-state index in [4.69, 9.17) is 10.2 Å². The molecule has 1 aromatic rings. The Bertz CT molecular complexity index is 206. The van der Waals surface area contributed by atoms with Crippen LogP contribution in [0.5, 0.6) is 0 Å². The first-order valence-corrected chi connectivity index (χ1v) is 3.04. The SMILES string of the molecule is CO.O=C(O)c1ccccc1. The molecular weight excluding hydrogens is 144 g/mol. The lowest BCUT2D eigenvalue weighted by atomic mass is 10.2. The number of rotatable bonds is 1. The molecule has 0 spiro atoms. The van der Waals surface area contributed by atoms with Crippen molar-refractivity contribution in [1.29, 1.82) is 0 Å². The number of carboxylic acid groups (broad SMARTS) is 1. The highest BCUT2D eigenvalue weighted by Crippen LogP contribution is 1.96. The molecule has 1 aromatic carbocycles. The van der Waals surface area contributed by atoms with Crippen LogP contribution in [0.2, 0.25) is 0 Å². The Morgan fingerprint density at radius 3 is 1.91 bits per heavy atom. The molecule has 2 N–H and O–H groups in total. The maximum atomic E-state index is 10.2. The number of benzene rings is 1. The average Bonchev–Trinajstić information content (AvgIpc) is 2.10. The van der Waals surface area contributed by atoms with Gasteiger partial charge in [0.1, 0.15) is 0 Å². The van der Waals surface area contributed by atoms with Gasteiger partial charge in [-0.2, -0.15) is 0 Å². The summed E-state index contributed by atoms with van der Waals surface area (Å²) in [6.07, 6.45) is 0. The highest BCUT2D eigenvalue weighted by Gasteiger charge is 1.96. The van der Waals surface area contributed by atoms with E-state index in [0.717, 1.165) is 7.11 Å². The first-order valence-electron chi connectivity index (χ1n) is 3.04. The van der Waals surface area contributed by atoms with E-state index in [0.29, 0.717) is 5.56 Å². The molecule has 0 aliphatic heterocycles. The van der Waals surface area contributed by atoms with Crippen LogP contribution in [0.1, 0.15) is 10.4 Å². The second-order valence-corrected chi connectivity index (χ2v) is 1.67. The number of aliphatic hydroxyl groups excluding tert-OH is 1. The van der Waals surface area contributed by atoms with Crippen molar-refractivity contribution in [2.75, 3.05) is 7.11 Å². The molecule has 11 heavy (non-hydrogen) atoms. The van der Waals surface area contributed by atoms with Gasteiger partial charge in [0, 0.05) is 7.11 Å². The molecule has 3 nitrogen and oxygen atoms in total. The number of hydrogen-bond acceptors (Lipinski definition) is 2. The van der Waals surface area contributed by atoms with Gasteiger partial charge in [-0.25, -0.2) is 4.79 Å². The van der Waals surface area contributed by atoms with E-state index in [9.17, 15) is 4.79 Å². The summed E-state index contributed by atoms with van der Waals surface area (Å²) >= 11 is 0. The number of carboxylic acids is 1. The first kappa shape index (κ1) is 9.65. The first-order chi connectivity index (χ1) is 5.30. The second-order valence-electron chi connectivity index (χ2n) is 1.67. The van der Waals surface area contributed by atoms with Crippen LogP contribution in [-0.2, 0) is 0 Å². The molecule has 1 rings (SSSR count). The van der Waals surface area contributed by atoms with Crippen molar-refractivity contribution in [3.63, 3.8) is 0 Å². The molecule has 0 aromatic heterocycles. The van der Waals surface area contributed by atoms with Crippen LogP contribution in [0, 0.1) is 0 Å². The molecule has 0 bridgehead atoms. The Balaban J connectivity index is 0.000000461. The summed E-state index contributed by atoms with van der Waals surface area (Å²) in [7, 11) is 1.00. The zero-order valence-electron chi connectivity index (χ0n) is 6.19. The molecule has 0 saturated carbocycles. The Morgan fingerprint density at radius 2 is 1.64 bits per heavy atom. The second kappa shape index (κ2) is 5.44. The van der Waals surface area contributed by atoms with Gasteiger partial charge in [0.15, 0.2) is 0 Å². The van der Waals surface area contributed by atoms with E-state index >= 15 is 0 Å². The Morgan fingerprint density at radius 1 is 1.18 bits per heavy atom. The van der Waals surface area contributed by atoms with E-state index in [1.165, 1.54) is 0 Å². The third-order valence-corrected chi connectivity index (χ3v) is 1.02. The highest BCUT2D eigenvalue weighted by atomic mass is 16.4. The molecule has 60 valence electrons. The summed E-state index contributed by atoms with van der Waals surface area (Å²) in [6.45, 7) is 0. The van der Waals surface area contributed by atoms with Gasteiger partial charge in [-0.15, -0.1) is 0 Å². The molecule has 0 heterocycles. The van der Waals surface area contributed by atoms with Gasteiger partial charge in [0.2, 0.25) is 0 Å². The minimum Gasteiger partial charge on any atom is -0.478 e. The molecule has 3 heteroatoms.